The number of hydrogen-bond donors (Lipinski definition) is 2. The lowest BCUT2D eigenvalue weighted by atomic mass is 10.1. The minimum Gasteiger partial charge on any atom is -0.326 e. The third kappa shape index (κ3) is 5.20. The zero-order valence-corrected chi connectivity index (χ0v) is 21.0. The molecule has 0 aliphatic carbocycles. The largest absolute Gasteiger partial charge is 0.332 e. The normalized spacial score (nSPS) is 10.9. The number of aromatic nitrogens is 4. The second kappa shape index (κ2) is 10.2. The number of amides is 2. The predicted molar refractivity (Wildman–Crippen MR) is 140 cm³/mol. The molecule has 0 saturated heterocycles. The van der Waals surface area contributed by atoms with Crippen molar-refractivity contribution in [1.29, 1.82) is 0 Å². The molecule has 0 bridgehead atoms. The second-order valence-corrected chi connectivity index (χ2v) is 9.18. The minimum atomic E-state index is -0.528. The first-order chi connectivity index (χ1) is 17.1. The van der Waals surface area contributed by atoms with Crippen LogP contribution in [0.1, 0.15) is 12.5 Å². The van der Waals surface area contributed by atoms with Crippen LogP contribution in [0.3, 0.4) is 0 Å². The van der Waals surface area contributed by atoms with Gasteiger partial charge in [0.25, 0.3) is 5.56 Å². The lowest BCUT2D eigenvalue weighted by Crippen LogP contribution is -2.37. The van der Waals surface area contributed by atoms with E-state index in [-0.39, 0.29) is 28.6 Å². The molecule has 0 fully saturated rings. The van der Waals surface area contributed by atoms with E-state index in [9.17, 15) is 19.2 Å². The van der Waals surface area contributed by atoms with Crippen LogP contribution in [0, 0.1) is 6.92 Å². The van der Waals surface area contributed by atoms with Crippen LogP contribution >= 0.6 is 11.8 Å². The molecule has 0 radical (unpaired) electrons. The first kappa shape index (κ1) is 24.9. The van der Waals surface area contributed by atoms with Crippen molar-refractivity contribution in [2.75, 3.05) is 16.4 Å². The highest BCUT2D eigenvalue weighted by molar-refractivity contribution is 8.00. The molecule has 11 heteroatoms. The number of anilines is 2. The molecular formula is C25H24N6O4S. The number of nitrogens with one attached hydrogen (secondary N) is 2. The Kier molecular flexibility index (Phi) is 7.02. The molecule has 2 aromatic heterocycles. The Balaban J connectivity index is 1.66. The first-order valence-corrected chi connectivity index (χ1v) is 12.0. The first-order valence-electron chi connectivity index (χ1n) is 11.0. The highest BCUT2D eigenvalue weighted by Crippen LogP contribution is 2.26. The highest BCUT2D eigenvalue weighted by atomic mass is 32.2. The Bertz CT molecular complexity index is 1590. The van der Waals surface area contributed by atoms with Gasteiger partial charge in [0.2, 0.25) is 11.8 Å². The molecule has 4 aromatic rings. The fraction of sp³-hybridized carbons (Fsp3) is 0.200. The van der Waals surface area contributed by atoms with Crippen LogP contribution in [0.4, 0.5) is 11.4 Å². The number of carbonyl (C=O) groups is 2. The zero-order chi connectivity index (χ0) is 26.0. The standard InChI is InChI=1S/C25H24N6O4S/c1-14-5-7-16(8-6-14)21-28-22-20(24(34)31(4)25(35)30(22)3)23(29-21)36-13-19(33)27-18-11-9-17(10-12-18)26-15(2)32/h5-12H,13H2,1-4H3,(H,26,32)(H,27,33). The lowest BCUT2D eigenvalue weighted by Gasteiger charge is -2.12. The van der Waals surface area contributed by atoms with Gasteiger partial charge in [-0.25, -0.2) is 14.8 Å². The van der Waals surface area contributed by atoms with E-state index in [1.54, 1.807) is 31.3 Å². The van der Waals surface area contributed by atoms with Crippen molar-refractivity contribution >= 4 is 46.0 Å². The van der Waals surface area contributed by atoms with E-state index in [4.69, 9.17) is 0 Å². The number of aryl methyl sites for hydroxylation is 2. The zero-order valence-electron chi connectivity index (χ0n) is 20.2. The smallest absolute Gasteiger partial charge is 0.326 e. The molecule has 2 heterocycles. The van der Waals surface area contributed by atoms with E-state index in [2.05, 4.69) is 20.6 Å². The molecule has 2 aromatic carbocycles. The van der Waals surface area contributed by atoms with Gasteiger partial charge in [-0.05, 0) is 31.2 Å². The molecule has 0 spiro atoms. The van der Waals surface area contributed by atoms with Crippen LogP contribution in [0.5, 0.6) is 0 Å². The summed E-state index contributed by atoms with van der Waals surface area (Å²) in [5.41, 5.74) is 2.13. The van der Waals surface area contributed by atoms with E-state index in [0.29, 0.717) is 22.2 Å². The summed E-state index contributed by atoms with van der Waals surface area (Å²) in [4.78, 5) is 58.5. The quantitative estimate of drug-likeness (QED) is 0.305. The van der Waals surface area contributed by atoms with Gasteiger partial charge in [0.05, 0.1) is 5.75 Å². The molecule has 4 rings (SSSR count). The highest BCUT2D eigenvalue weighted by Gasteiger charge is 2.19. The Labute approximate surface area is 210 Å². The molecule has 0 aliphatic heterocycles. The van der Waals surface area contributed by atoms with Crippen molar-refractivity contribution < 1.29 is 9.59 Å². The maximum absolute atomic E-state index is 13.0. The van der Waals surface area contributed by atoms with Gasteiger partial charge in [0.1, 0.15) is 10.4 Å². The average Bonchev–Trinajstić information content (AvgIpc) is 2.85. The van der Waals surface area contributed by atoms with E-state index in [1.807, 2.05) is 31.2 Å². The molecule has 0 saturated carbocycles. The van der Waals surface area contributed by atoms with Crippen molar-refractivity contribution in [3.8, 4) is 11.4 Å². The van der Waals surface area contributed by atoms with Gasteiger partial charge in [0.15, 0.2) is 11.5 Å². The van der Waals surface area contributed by atoms with Gasteiger partial charge in [-0.15, -0.1) is 0 Å². The molecule has 0 unspecified atom stereocenters. The topological polar surface area (TPSA) is 128 Å². The number of thioether (sulfide) groups is 1. The monoisotopic (exact) mass is 504 g/mol. The molecule has 0 atom stereocenters. The summed E-state index contributed by atoms with van der Waals surface area (Å²) < 4.78 is 2.30. The summed E-state index contributed by atoms with van der Waals surface area (Å²) in [6.07, 6.45) is 0. The maximum atomic E-state index is 13.0. The van der Waals surface area contributed by atoms with Gasteiger partial charge in [-0.2, -0.15) is 0 Å². The molecule has 10 nitrogen and oxygen atoms in total. The van der Waals surface area contributed by atoms with Crippen molar-refractivity contribution in [2.24, 2.45) is 14.1 Å². The Morgan fingerprint density at radius 1 is 0.889 bits per heavy atom. The van der Waals surface area contributed by atoms with Gasteiger partial charge >= 0.3 is 5.69 Å². The van der Waals surface area contributed by atoms with E-state index in [0.717, 1.165) is 27.5 Å². The van der Waals surface area contributed by atoms with E-state index >= 15 is 0 Å². The fourth-order valence-electron chi connectivity index (χ4n) is 3.54. The summed E-state index contributed by atoms with van der Waals surface area (Å²) in [6, 6.07) is 14.3. The van der Waals surface area contributed by atoms with Crippen molar-refractivity contribution in [2.45, 2.75) is 18.9 Å². The molecule has 36 heavy (non-hydrogen) atoms. The van der Waals surface area contributed by atoms with Gasteiger partial charge < -0.3 is 10.6 Å². The maximum Gasteiger partial charge on any atom is 0.332 e. The molecule has 0 aliphatic rings. The summed E-state index contributed by atoms with van der Waals surface area (Å²) in [7, 11) is 2.94. The van der Waals surface area contributed by atoms with Crippen molar-refractivity contribution in [3.05, 3.63) is 74.9 Å². The molecule has 2 amide bonds. The average molecular weight is 505 g/mol. The molecule has 184 valence electrons. The Morgan fingerprint density at radius 2 is 1.50 bits per heavy atom. The number of nitrogens with zero attached hydrogens (tertiary/aromatic N) is 4. The number of carbonyl (C=O) groups excluding carboxylic acids is 2. The summed E-state index contributed by atoms with van der Waals surface area (Å²) in [6.45, 7) is 3.38. The predicted octanol–water partition coefficient (Wildman–Crippen LogP) is 2.69. The Morgan fingerprint density at radius 3 is 2.11 bits per heavy atom. The summed E-state index contributed by atoms with van der Waals surface area (Å²) in [5, 5.41) is 5.93. The van der Waals surface area contributed by atoms with Crippen LogP contribution in [0.2, 0.25) is 0 Å². The van der Waals surface area contributed by atoms with E-state index in [1.165, 1.54) is 18.5 Å². The van der Waals surface area contributed by atoms with Crippen LogP contribution < -0.4 is 21.9 Å². The minimum absolute atomic E-state index is 0.0289. The van der Waals surface area contributed by atoms with E-state index < -0.39 is 11.2 Å². The van der Waals surface area contributed by atoms with Gasteiger partial charge in [-0.1, -0.05) is 41.6 Å². The molecular weight excluding hydrogens is 480 g/mol. The van der Waals surface area contributed by atoms with Crippen LogP contribution in [0.15, 0.2) is 63.1 Å². The van der Waals surface area contributed by atoms with Crippen LogP contribution in [-0.4, -0.2) is 36.7 Å². The lowest BCUT2D eigenvalue weighted by molar-refractivity contribution is -0.114. The number of benzene rings is 2. The van der Waals surface area contributed by atoms with Crippen molar-refractivity contribution in [3.63, 3.8) is 0 Å². The van der Waals surface area contributed by atoms with Gasteiger partial charge in [0, 0.05) is 38.0 Å². The second-order valence-electron chi connectivity index (χ2n) is 8.22. The van der Waals surface area contributed by atoms with Crippen LogP contribution in [0.25, 0.3) is 22.4 Å². The third-order valence-corrected chi connectivity index (χ3v) is 6.38. The van der Waals surface area contributed by atoms with Crippen LogP contribution in [-0.2, 0) is 23.7 Å². The third-order valence-electron chi connectivity index (χ3n) is 5.41. The fourth-order valence-corrected chi connectivity index (χ4v) is 4.35. The van der Waals surface area contributed by atoms with Crippen molar-refractivity contribution in [1.82, 2.24) is 19.1 Å². The Hall–Kier alpha value is -4.25. The molecule has 2 N–H and O–H groups in total. The van der Waals surface area contributed by atoms with Gasteiger partial charge in [-0.3, -0.25) is 23.5 Å². The number of hydrogen-bond acceptors (Lipinski definition) is 7. The number of fused-ring (bicyclic) bond motifs is 1. The summed E-state index contributed by atoms with van der Waals surface area (Å²) >= 11 is 1.09. The summed E-state index contributed by atoms with van der Waals surface area (Å²) in [5.74, 6) is -0.174. The SMILES string of the molecule is CC(=O)Nc1ccc(NC(=O)CSc2nc(-c3ccc(C)cc3)nc3c2c(=O)n(C)c(=O)n3C)cc1. The number of rotatable bonds is 6.